The zero-order valence-corrected chi connectivity index (χ0v) is 13.8. The summed E-state index contributed by atoms with van der Waals surface area (Å²) in [5.41, 5.74) is 1.67. The number of carbonyl (C=O) groups is 1. The molecule has 0 aromatic heterocycles. The molecule has 0 aliphatic carbocycles. The lowest BCUT2D eigenvalue weighted by atomic mass is 10.2. The van der Waals surface area contributed by atoms with E-state index in [0.29, 0.717) is 35.8 Å². The minimum absolute atomic E-state index is 0.211. The molecule has 0 fully saturated rings. The van der Waals surface area contributed by atoms with Crippen LogP contribution in [-0.2, 0) is 16.6 Å². The molecule has 1 N–H and O–H groups in total. The Kier molecular flexibility index (Phi) is 6.52. The van der Waals surface area contributed by atoms with Crippen LogP contribution in [0.5, 0.6) is 5.75 Å². The first-order valence-electron chi connectivity index (χ1n) is 7.38. The normalized spacial score (nSPS) is 11.5. The van der Waals surface area contributed by atoms with Crippen molar-refractivity contribution >= 4 is 16.8 Å². The van der Waals surface area contributed by atoms with Gasteiger partial charge in [-0.25, -0.2) is 4.79 Å². The SMILES string of the molecule is N#Cc1cccc(CS(=O)CCCOc2ccc(C(=O)O)cc2)c1. The van der Waals surface area contributed by atoms with Gasteiger partial charge < -0.3 is 9.84 Å². The number of aromatic carboxylic acids is 1. The van der Waals surface area contributed by atoms with Crippen LogP contribution < -0.4 is 4.74 Å². The first kappa shape index (κ1) is 17.7. The number of nitriles is 1. The third kappa shape index (κ3) is 5.52. The van der Waals surface area contributed by atoms with Gasteiger partial charge in [0, 0.05) is 22.3 Å². The molecule has 2 rings (SSSR count). The maximum Gasteiger partial charge on any atom is 0.335 e. The average Bonchev–Trinajstić information content (AvgIpc) is 2.59. The molecule has 6 heteroatoms. The zero-order valence-electron chi connectivity index (χ0n) is 13.0. The third-order valence-corrected chi connectivity index (χ3v) is 4.67. The number of nitrogens with zero attached hydrogens (tertiary/aromatic N) is 1. The van der Waals surface area contributed by atoms with Crippen molar-refractivity contribution in [3.63, 3.8) is 0 Å². The molecular weight excluding hydrogens is 326 g/mol. The van der Waals surface area contributed by atoms with Crippen molar-refractivity contribution in [3.8, 4) is 11.8 Å². The number of benzene rings is 2. The average molecular weight is 343 g/mol. The monoisotopic (exact) mass is 343 g/mol. The number of carboxylic acid groups (broad SMARTS) is 1. The summed E-state index contributed by atoms with van der Waals surface area (Å²) >= 11 is 0. The molecule has 0 heterocycles. The van der Waals surface area contributed by atoms with Gasteiger partial charge in [-0.05, 0) is 48.4 Å². The van der Waals surface area contributed by atoms with Crippen molar-refractivity contribution in [1.29, 1.82) is 5.26 Å². The van der Waals surface area contributed by atoms with Crippen LogP contribution in [0.1, 0.15) is 27.9 Å². The summed E-state index contributed by atoms with van der Waals surface area (Å²) in [6.07, 6.45) is 0.630. The molecule has 0 aliphatic heterocycles. The van der Waals surface area contributed by atoms with E-state index >= 15 is 0 Å². The van der Waals surface area contributed by atoms with Crippen molar-refractivity contribution in [1.82, 2.24) is 0 Å². The lowest BCUT2D eigenvalue weighted by molar-refractivity contribution is 0.0697. The fourth-order valence-corrected chi connectivity index (χ4v) is 3.23. The lowest BCUT2D eigenvalue weighted by Gasteiger charge is -2.07. The molecule has 2 aromatic carbocycles. The third-order valence-electron chi connectivity index (χ3n) is 3.27. The fraction of sp³-hybridized carbons (Fsp3) is 0.222. The van der Waals surface area contributed by atoms with E-state index in [-0.39, 0.29) is 5.56 Å². The number of ether oxygens (including phenoxy) is 1. The van der Waals surface area contributed by atoms with E-state index in [2.05, 4.69) is 6.07 Å². The van der Waals surface area contributed by atoms with Gasteiger partial charge in [-0.15, -0.1) is 0 Å². The first-order valence-corrected chi connectivity index (χ1v) is 8.87. The van der Waals surface area contributed by atoms with Crippen molar-refractivity contribution < 1.29 is 18.8 Å². The van der Waals surface area contributed by atoms with Crippen LogP contribution in [0.3, 0.4) is 0 Å². The molecule has 2 aromatic rings. The molecule has 0 saturated carbocycles. The van der Waals surface area contributed by atoms with E-state index in [1.165, 1.54) is 12.1 Å². The van der Waals surface area contributed by atoms with Crippen LogP contribution in [-0.4, -0.2) is 27.6 Å². The van der Waals surface area contributed by atoms with Gasteiger partial charge in [0.15, 0.2) is 0 Å². The second kappa shape index (κ2) is 8.85. The molecule has 0 saturated heterocycles. The highest BCUT2D eigenvalue weighted by Crippen LogP contribution is 2.13. The molecule has 24 heavy (non-hydrogen) atoms. The summed E-state index contributed by atoms with van der Waals surface area (Å²) in [4.78, 5) is 10.7. The predicted molar refractivity (Wildman–Crippen MR) is 91.4 cm³/mol. The number of carboxylic acids is 1. The van der Waals surface area contributed by atoms with E-state index < -0.39 is 16.8 Å². The van der Waals surface area contributed by atoms with Crippen molar-refractivity contribution in [2.24, 2.45) is 0 Å². The van der Waals surface area contributed by atoms with Gasteiger partial charge in [0.25, 0.3) is 0 Å². The van der Waals surface area contributed by atoms with E-state index in [0.717, 1.165) is 5.56 Å². The minimum atomic E-state index is -1.02. The smallest absolute Gasteiger partial charge is 0.335 e. The minimum Gasteiger partial charge on any atom is -0.494 e. The molecule has 1 unspecified atom stereocenters. The number of rotatable bonds is 8. The first-order chi connectivity index (χ1) is 11.6. The van der Waals surface area contributed by atoms with Gasteiger partial charge in [0.1, 0.15) is 5.75 Å². The van der Waals surface area contributed by atoms with Gasteiger partial charge in [-0.1, -0.05) is 12.1 Å². The topological polar surface area (TPSA) is 87.4 Å². The van der Waals surface area contributed by atoms with Gasteiger partial charge in [0.05, 0.1) is 23.8 Å². The van der Waals surface area contributed by atoms with Crippen molar-refractivity contribution in [2.75, 3.05) is 12.4 Å². The number of hydrogen-bond donors (Lipinski definition) is 1. The second-order valence-corrected chi connectivity index (χ2v) is 6.71. The molecule has 1 atom stereocenters. The van der Waals surface area contributed by atoms with Crippen LogP contribution in [0.2, 0.25) is 0 Å². The Bertz CT molecular complexity index is 765. The molecule has 0 amide bonds. The van der Waals surface area contributed by atoms with E-state index in [4.69, 9.17) is 15.1 Å². The summed E-state index contributed by atoms with van der Waals surface area (Å²) < 4.78 is 17.6. The molecule has 0 radical (unpaired) electrons. The summed E-state index contributed by atoms with van der Waals surface area (Å²) in [7, 11) is -1.02. The molecular formula is C18H17NO4S. The Morgan fingerprint density at radius 1 is 1.21 bits per heavy atom. The van der Waals surface area contributed by atoms with Crippen LogP contribution >= 0.6 is 0 Å². The fourth-order valence-electron chi connectivity index (χ4n) is 2.09. The van der Waals surface area contributed by atoms with Crippen molar-refractivity contribution in [3.05, 3.63) is 65.2 Å². The largest absolute Gasteiger partial charge is 0.494 e. The molecule has 124 valence electrons. The standard InChI is InChI=1S/C18H17NO4S/c19-12-14-3-1-4-15(11-14)13-24(22)10-2-9-23-17-7-5-16(6-8-17)18(20)21/h1,3-8,11H,2,9-10,13H2,(H,20,21). The lowest BCUT2D eigenvalue weighted by Crippen LogP contribution is -2.06. The molecule has 0 aliphatic rings. The zero-order chi connectivity index (χ0) is 17.4. The maximum absolute atomic E-state index is 12.1. The van der Waals surface area contributed by atoms with Crippen LogP contribution in [0.15, 0.2) is 48.5 Å². The number of hydrogen-bond acceptors (Lipinski definition) is 4. The van der Waals surface area contributed by atoms with E-state index in [1.807, 2.05) is 6.07 Å². The Morgan fingerprint density at radius 2 is 1.96 bits per heavy atom. The molecule has 0 bridgehead atoms. The second-order valence-electron chi connectivity index (χ2n) is 5.13. The predicted octanol–water partition coefficient (Wildman–Crippen LogP) is 2.97. The summed E-state index contributed by atoms with van der Waals surface area (Å²) in [5.74, 6) is 0.539. The van der Waals surface area contributed by atoms with Crippen LogP contribution in [0.25, 0.3) is 0 Å². The van der Waals surface area contributed by atoms with Gasteiger partial charge in [-0.3, -0.25) is 4.21 Å². The summed E-state index contributed by atoms with van der Waals surface area (Å²) in [6, 6.07) is 15.4. The van der Waals surface area contributed by atoms with E-state index in [9.17, 15) is 9.00 Å². The Labute approximate surface area is 143 Å². The summed E-state index contributed by atoms with van der Waals surface area (Å²) in [5, 5.41) is 17.7. The highest BCUT2D eigenvalue weighted by Gasteiger charge is 2.05. The van der Waals surface area contributed by atoms with E-state index in [1.54, 1.807) is 30.3 Å². The van der Waals surface area contributed by atoms with Crippen LogP contribution in [0.4, 0.5) is 0 Å². The van der Waals surface area contributed by atoms with Crippen LogP contribution in [0, 0.1) is 11.3 Å². The molecule has 0 spiro atoms. The Balaban J connectivity index is 1.72. The molecule has 5 nitrogen and oxygen atoms in total. The maximum atomic E-state index is 12.1. The Hall–Kier alpha value is -2.65. The van der Waals surface area contributed by atoms with Gasteiger partial charge >= 0.3 is 5.97 Å². The Morgan fingerprint density at radius 3 is 2.62 bits per heavy atom. The highest BCUT2D eigenvalue weighted by atomic mass is 32.2. The summed E-state index contributed by atoms with van der Waals surface area (Å²) in [6.45, 7) is 0.413. The highest BCUT2D eigenvalue weighted by molar-refractivity contribution is 7.84. The van der Waals surface area contributed by atoms with Gasteiger partial charge in [-0.2, -0.15) is 5.26 Å². The quantitative estimate of drug-likeness (QED) is 0.745. The van der Waals surface area contributed by atoms with Crippen molar-refractivity contribution in [2.45, 2.75) is 12.2 Å². The van der Waals surface area contributed by atoms with Gasteiger partial charge in [0.2, 0.25) is 0 Å².